The van der Waals surface area contributed by atoms with Crippen LogP contribution in [0.1, 0.15) is 26.3 Å². The third-order valence-corrected chi connectivity index (χ3v) is 5.32. The third kappa shape index (κ3) is 4.45. The van der Waals surface area contributed by atoms with Gasteiger partial charge in [-0.25, -0.2) is 9.78 Å². The monoisotopic (exact) mass is 415 g/mol. The average molecular weight is 416 g/mol. The molecule has 0 radical (unpaired) electrons. The Morgan fingerprint density at radius 1 is 1.10 bits per heavy atom. The first-order chi connectivity index (χ1) is 13.6. The molecule has 0 aliphatic heterocycles. The highest BCUT2D eigenvalue weighted by Crippen LogP contribution is 2.23. The van der Waals surface area contributed by atoms with Gasteiger partial charge < -0.3 is 9.88 Å². The van der Waals surface area contributed by atoms with Crippen molar-refractivity contribution in [2.75, 3.05) is 5.75 Å². The van der Waals surface area contributed by atoms with Crippen molar-refractivity contribution in [1.29, 1.82) is 0 Å². The summed E-state index contributed by atoms with van der Waals surface area (Å²) in [5.74, 6) is 0.0338. The van der Waals surface area contributed by atoms with Gasteiger partial charge in [-0.15, -0.1) is 0 Å². The minimum atomic E-state index is -0.436. The van der Waals surface area contributed by atoms with Gasteiger partial charge in [0.15, 0.2) is 16.3 Å². The van der Waals surface area contributed by atoms with E-state index < -0.39 is 11.2 Å². The maximum absolute atomic E-state index is 12.9. The molecule has 2 heterocycles. The molecule has 3 rings (SSSR count). The number of carbonyl (C=O) groups excluding carboxylic acids is 1. The maximum Gasteiger partial charge on any atom is 0.332 e. The molecule has 9 heteroatoms. The van der Waals surface area contributed by atoms with Gasteiger partial charge in [0.2, 0.25) is 5.91 Å². The van der Waals surface area contributed by atoms with Crippen molar-refractivity contribution in [3.8, 4) is 0 Å². The summed E-state index contributed by atoms with van der Waals surface area (Å²) in [6, 6.07) is 9.68. The molecule has 0 spiro atoms. The van der Waals surface area contributed by atoms with Gasteiger partial charge in [0.25, 0.3) is 5.56 Å². The van der Waals surface area contributed by atoms with Gasteiger partial charge >= 0.3 is 5.69 Å². The third-order valence-electron chi connectivity index (χ3n) is 4.34. The number of nitrogens with one attached hydrogen (secondary N) is 1. The first-order valence-corrected chi connectivity index (χ1v) is 10.2. The van der Waals surface area contributed by atoms with Crippen LogP contribution in [0.3, 0.4) is 0 Å². The molecule has 0 fully saturated rings. The van der Waals surface area contributed by atoms with Crippen LogP contribution in [0.15, 0.2) is 45.1 Å². The van der Waals surface area contributed by atoms with Crippen LogP contribution in [0.25, 0.3) is 11.2 Å². The molecule has 0 aliphatic carbocycles. The van der Waals surface area contributed by atoms with Crippen molar-refractivity contribution in [3.05, 3.63) is 56.7 Å². The number of benzene rings is 1. The van der Waals surface area contributed by atoms with E-state index in [1.165, 1.54) is 23.4 Å². The van der Waals surface area contributed by atoms with Crippen LogP contribution in [-0.4, -0.2) is 35.9 Å². The van der Waals surface area contributed by atoms with Crippen LogP contribution in [-0.2, 0) is 25.4 Å². The summed E-state index contributed by atoms with van der Waals surface area (Å²) in [5, 5.41) is 3.44. The van der Waals surface area contributed by atoms with Crippen molar-refractivity contribution >= 4 is 28.8 Å². The topological polar surface area (TPSA) is 90.9 Å². The zero-order chi connectivity index (χ0) is 21.3. The zero-order valence-electron chi connectivity index (χ0n) is 17.2. The molecule has 1 amide bonds. The Morgan fingerprint density at radius 2 is 1.76 bits per heavy atom. The van der Waals surface area contributed by atoms with Gasteiger partial charge in [0.1, 0.15) is 0 Å². The van der Waals surface area contributed by atoms with E-state index in [2.05, 4.69) is 10.3 Å². The standard InChI is InChI=1S/C20H25N5O3S/c1-20(2,3)22-14(26)12-29-18-21-16-15(17(27)24(5)19(28)23(16)4)25(18)11-13-9-7-6-8-10-13/h6-10H,11-12H2,1-5H3,(H,22,26). The fourth-order valence-corrected chi connectivity index (χ4v) is 3.83. The molecule has 0 saturated heterocycles. The highest BCUT2D eigenvalue weighted by atomic mass is 32.2. The smallest absolute Gasteiger partial charge is 0.332 e. The number of nitrogens with zero attached hydrogens (tertiary/aromatic N) is 4. The maximum atomic E-state index is 12.9. The SMILES string of the molecule is Cn1c(=O)c2c(nc(SCC(=O)NC(C)(C)C)n2Cc2ccccc2)n(C)c1=O. The van der Waals surface area contributed by atoms with Gasteiger partial charge in [-0.3, -0.25) is 18.7 Å². The summed E-state index contributed by atoms with van der Waals surface area (Å²) < 4.78 is 4.21. The number of carbonyl (C=O) groups is 1. The Morgan fingerprint density at radius 3 is 2.38 bits per heavy atom. The van der Waals surface area contributed by atoms with Gasteiger partial charge in [-0.2, -0.15) is 0 Å². The van der Waals surface area contributed by atoms with Crippen LogP contribution >= 0.6 is 11.8 Å². The predicted molar refractivity (Wildman–Crippen MR) is 114 cm³/mol. The van der Waals surface area contributed by atoms with Crippen LogP contribution in [0.4, 0.5) is 0 Å². The lowest BCUT2D eigenvalue weighted by Crippen LogP contribution is -2.41. The zero-order valence-corrected chi connectivity index (χ0v) is 18.0. The number of amides is 1. The summed E-state index contributed by atoms with van der Waals surface area (Å²) in [4.78, 5) is 42.0. The van der Waals surface area contributed by atoms with E-state index in [-0.39, 0.29) is 17.2 Å². The van der Waals surface area contributed by atoms with Crippen LogP contribution in [0, 0.1) is 0 Å². The van der Waals surface area contributed by atoms with Crippen molar-refractivity contribution in [1.82, 2.24) is 24.0 Å². The number of hydrogen-bond donors (Lipinski definition) is 1. The molecule has 0 aliphatic rings. The summed E-state index contributed by atoms with van der Waals surface area (Å²) >= 11 is 1.25. The lowest BCUT2D eigenvalue weighted by atomic mass is 10.1. The summed E-state index contributed by atoms with van der Waals surface area (Å²) in [6.07, 6.45) is 0. The molecule has 0 unspecified atom stereocenters. The molecule has 0 bridgehead atoms. The molecule has 0 saturated carbocycles. The van der Waals surface area contributed by atoms with Crippen molar-refractivity contribution in [3.63, 3.8) is 0 Å². The average Bonchev–Trinajstić information content (AvgIpc) is 3.01. The Balaban J connectivity index is 2.08. The predicted octanol–water partition coefficient (Wildman–Crippen LogP) is 1.49. The highest BCUT2D eigenvalue weighted by Gasteiger charge is 2.21. The molecule has 1 N–H and O–H groups in total. The van der Waals surface area contributed by atoms with E-state index in [4.69, 9.17) is 0 Å². The molecule has 0 atom stereocenters. The Bertz CT molecular complexity index is 1170. The van der Waals surface area contributed by atoms with Crippen LogP contribution in [0.5, 0.6) is 0 Å². The van der Waals surface area contributed by atoms with E-state index >= 15 is 0 Å². The Hall–Kier alpha value is -2.81. The van der Waals surface area contributed by atoms with Crippen molar-refractivity contribution in [2.24, 2.45) is 14.1 Å². The molecule has 3 aromatic rings. The number of rotatable bonds is 5. The Labute approximate surface area is 172 Å². The second-order valence-corrected chi connectivity index (χ2v) is 8.87. The fourth-order valence-electron chi connectivity index (χ4n) is 3.03. The number of thioether (sulfide) groups is 1. The number of fused-ring (bicyclic) bond motifs is 1. The molecule has 2 aromatic heterocycles. The minimum absolute atomic E-state index is 0.123. The molecule has 154 valence electrons. The van der Waals surface area contributed by atoms with Gasteiger partial charge in [-0.05, 0) is 26.3 Å². The lowest BCUT2D eigenvalue weighted by molar-refractivity contribution is -0.119. The van der Waals surface area contributed by atoms with E-state index in [0.717, 1.165) is 10.1 Å². The minimum Gasteiger partial charge on any atom is -0.351 e. The number of aryl methyl sites for hydroxylation is 1. The lowest BCUT2D eigenvalue weighted by Gasteiger charge is -2.20. The first kappa shape index (κ1) is 20.9. The summed E-state index contributed by atoms with van der Waals surface area (Å²) in [7, 11) is 3.04. The summed E-state index contributed by atoms with van der Waals surface area (Å²) in [6.45, 7) is 6.16. The van der Waals surface area contributed by atoms with Crippen molar-refractivity contribution in [2.45, 2.75) is 38.0 Å². The quantitative estimate of drug-likeness (QED) is 0.638. The van der Waals surface area contributed by atoms with Gasteiger partial charge in [0, 0.05) is 19.6 Å². The van der Waals surface area contributed by atoms with E-state index in [1.54, 1.807) is 11.6 Å². The summed E-state index contributed by atoms with van der Waals surface area (Å²) in [5.41, 5.74) is 0.474. The first-order valence-electron chi connectivity index (χ1n) is 9.22. The van der Waals surface area contributed by atoms with E-state index in [0.29, 0.717) is 22.9 Å². The second-order valence-electron chi connectivity index (χ2n) is 7.93. The van der Waals surface area contributed by atoms with Crippen LogP contribution in [0.2, 0.25) is 0 Å². The van der Waals surface area contributed by atoms with E-state index in [1.807, 2.05) is 51.1 Å². The second kappa shape index (κ2) is 7.90. The fraction of sp³-hybridized carbons (Fsp3) is 0.400. The largest absolute Gasteiger partial charge is 0.351 e. The molecule has 1 aromatic carbocycles. The number of aromatic nitrogens is 4. The Kier molecular flexibility index (Phi) is 5.70. The molecular formula is C20H25N5O3S. The number of hydrogen-bond acceptors (Lipinski definition) is 5. The van der Waals surface area contributed by atoms with Crippen molar-refractivity contribution < 1.29 is 4.79 Å². The highest BCUT2D eigenvalue weighted by molar-refractivity contribution is 7.99. The normalized spacial score (nSPS) is 11.8. The molecule has 29 heavy (non-hydrogen) atoms. The van der Waals surface area contributed by atoms with E-state index in [9.17, 15) is 14.4 Å². The van der Waals surface area contributed by atoms with Gasteiger partial charge in [-0.1, -0.05) is 42.1 Å². The molecule has 8 nitrogen and oxygen atoms in total. The van der Waals surface area contributed by atoms with Crippen LogP contribution < -0.4 is 16.6 Å². The number of imidazole rings is 1. The van der Waals surface area contributed by atoms with Gasteiger partial charge in [0.05, 0.1) is 12.3 Å². The molecular weight excluding hydrogens is 390 g/mol.